The Morgan fingerprint density at radius 1 is 1.10 bits per heavy atom. The number of hydrogen-bond acceptors (Lipinski definition) is 7. The lowest BCUT2D eigenvalue weighted by Gasteiger charge is -2.28. The average Bonchev–Trinajstić information content (AvgIpc) is 2.96. The summed E-state index contributed by atoms with van der Waals surface area (Å²) >= 11 is 0. The summed E-state index contributed by atoms with van der Waals surface area (Å²) < 4.78 is 32.6. The van der Waals surface area contributed by atoms with Gasteiger partial charge in [-0.3, -0.25) is 10.1 Å². The SMILES string of the molecule is CCCC1(CS(=O)(=O)N(C)Cc2ccc(Oc3cncnc3)cc2)NC(=O)NC1=O. The summed E-state index contributed by atoms with van der Waals surface area (Å²) in [5.41, 5.74) is -0.712. The number of rotatable bonds is 9. The molecular weight excluding hydrogens is 410 g/mol. The number of carbonyl (C=O) groups excluding carboxylic acids is 2. The molecule has 10 nitrogen and oxygen atoms in total. The van der Waals surface area contributed by atoms with Gasteiger partial charge < -0.3 is 10.1 Å². The number of nitrogens with zero attached hydrogens (tertiary/aromatic N) is 3. The van der Waals surface area contributed by atoms with E-state index in [-0.39, 0.29) is 13.0 Å². The summed E-state index contributed by atoms with van der Waals surface area (Å²) in [4.78, 5) is 31.6. The Morgan fingerprint density at radius 2 is 1.77 bits per heavy atom. The normalized spacial score (nSPS) is 18.9. The number of carbonyl (C=O) groups is 2. The van der Waals surface area contributed by atoms with Crippen LogP contribution < -0.4 is 15.4 Å². The number of aromatic nitrogens is 2. The number of sulfonamides is 1. The van der Waals surface area contributed by atoms with Crippen molar-refractivity contribution in [1.29, 1.82) is 0 Å². The highest BCUT2D eigenvalue weighted by Crippen LogP contribution is 2.24. The molecule has 0 spiro atoms. The number of nitrogens with one attached hydrogen (secondary N) is 2. The Balaban J connectivity index is 1.67. The average molecular weight is 433 g/mol. The first kappa shape index (κ1) is 21.7. The van der Waals surface area contributed by atoms with Gasteiger partial charge >= 0.3 is 6.03 Å². The Morgan fingerprint density at radius 3 is 2.33 bits per heavy atom. The first-order valence-electron chi connectivity index (χ1n) is 9.33. The second-order valence-electron chi connectivity index (χ2n) is 7.07. The van der Waals surface area contributed by atoms with Crippen LogP contribution in [0.2, 0.25) is 0 Å². The molecule has 1 aliphatic heterocycles. The van der Waals surface area contributed by atoms with Gasteiger partial charge in [-0.25, -0.2) is 27.5 Å². The van der Waals surface area contributed by atoms with Crippen molar-refractivity contribution in [2.45, 2.75) is 31.8 Å². The Kier molecular flexibility index (Phi) is 6.32. The smallest absolute Gasteiger partial charge is 0.322 e. The molecule has 2 heterocycles. The molecule has 1 aliphatic rings. The van der Waals surface area contributed by atoms with Gasteiger partial charge in [0.15, 0.2) is 5.75 Å². The Hall–Kier alpha value is -3.05. The summed E-state index contributed by atoms with van der Waals surface area (Å²) in [5.74, 6) is -0.0658. The molecule has 1 saturated heterocycles. The molecule has 1 aromatic heterocycles. The van der Waals surface area contributed by atoms with Crippen molar-refractivity contribution in [3.63, 3.8) is 0 Å². The van der Waals surface area contributed by atoms with Gasteiger partial charge in [0.1, 0.15) is 17.6 Å². The van der Waals surface area contributed by atoms with E-state index in [1.54, 1.807) is 24.3 Å². The third kappa shape index (κ3) is 4.92. The quantitative estimate of drug-likeness (QED) is 0.572. The molecule has 1 fully saturated rings. The maximum Gasteiger partial charge on any atom is 0.322 e. The maximum absolute atomic E-state index is 12.9. The Labute approximate surface area is 174 Å². The van der Waals surface area contributed by atoms with Gasteiger partial charge in [0, 0.05) is 13.6 Å². The zero-order valence-corrected chi connectivity index (χ0v) is 17.5. The van der Waals surface area contributed by atoms with E-state index in [0.717, 1.165) is 5.56 Å². The Bertz CT molecular complexity index is 1010. The molecule has 0 radical (unpaired) electrons. The number of urea groups is 1. The predicted molar refractivity (Wildman–Crippen MR) is 108 cm³/mol. The summed E-state index contributed by atoms with van der Waals surface area (Å²) in [7, 11) is -2.39. The van der Waals surface area contributed by atoms with Crippen LogP contribution in [0.25, 0.3) is 0 Å². The molecular formula is C19H23N5O5S. The number of benzene rings is 1. The molecule has 30 heavy (non-hydrogen) atoms. The van der Waals surface area contributed by atoms with Crippen molar-refractivity contribution < 1.29 is 22.7 Å². The lowest BCUT2D eigenvalue weighted by atomic mass is 9.96. The van der Waals surface area contributed by atoms with Crippen molar-refractivity contribution in [3.8, 4) is 11.5 Å². The third-order valence-electron chi connectivity index (χ3n) is 4.70. The van der Waals surface area contributed by atoms with Gasteiger partial charge in [0.25, 0.3) is 5.91 Å². The summed E-state index contributed by atoms with van der Waals surface area (Å²) in [5, 5.41) is 4.63. The number of amides is 3. The summed E-state index contributed by atoms with van der Waals surface area (Å²) in [6, 6.07) is 6.25. The van der Waals surface area contributed by atoms with E-state index in [2.05, 4.69) is 20.6 Å². The highest BCUT2D eigenvalue weighted by atomic mass is 32.2. The zero-order valence-electron chi connectivity index (χ0n) is 16.7. The number of hydrogen-bond donors (Lipinski definition) is 2. The molecule has 0 saturated carbocycles. The zero-order chi connectivity index (χ0) is 21.8. The highest BCUT2D eigenvalue weighted by Gasteiger charge is 2.49. The number of ether oxygens (including phenoxy) is 1. The molecule has 11 heteroatoms. The lowest BCUT2D eigenvalue weighted by molar-refractivity contribution is -0.123. The minimum atomic E-state index is -3.83. The molecule has 1 aromatic carbocycles. The second-order valence-corrected chi connectivity index (χ2v) is 9.15. The molecule has 2 N–H and O–H groups in total. The van der Waals surface area contributed by atoms with Crippen molar-refractivity contribution in [2.75, 3.05) is 12.8 Å². The van der Waals surface area contributed by atoms with Crippen LogP contribution in [0.3, 0.4) is 0 Å². The minimum absolute atomic E-state index is 0.106. The van der Waals surface area contributed by atoms with E-state index in [4.69, 9.17) is 4.74 Å². The largest absolute Gasteiger partial charge is 0.454 e. The molecule has 3 rings (SSSR count). The standard InChI is InChI=1S/C19H23N5O5S/c1-3-8-19(17(25)22-18(26)23-19)12-30(27,28)24(2)11-14-4-6-15(7-5-14)29-16-9-20-13-21-10-16/h4-7,9-10,13H,3,8,11-12H2,1-2H3,(H2,22,23,25,26). The van der Waals surface area contributed by atoms with Crippen molar-refractivity contribution in [2.24, 2.45) is 0 Å². The molecule has 0 bridgehead atoms. The van der Waals surface area contributed by atoms with Gasteiger partial charge in [0.2, 0.25) is 10.0 Å². The fourth-order valence-electron chi connectivity index (χ4n) is 3.22. The van der Waals surface area contributed by atoms with Crippen LogP contribution in [0.5, 0.6) is 11.5 Å². The van der Waals surface area contributed by atoms with E-state index in [1.807, 2.05) is 6.92 Å². The van der Waals surface area contributed by atoms with E-state index in [1.165, 1.54) is 30.1 Å². The maximum atomic E-state index is 12.9. The van der Waals surface area contributed by atoms with E-state index in [0.29, 0.717) is 17.9 Å². The topological polar surface area (TPSA) is 131 Å². The molecule has 2 aromatic rings. The van der Waals surface area contributed by atoms with E-state index < -0.39 is 33.3 Å². The highest BCUT2D eigenvalue weighted by molar-refractivity contribution is 7.89. The van der Waals surface area contributed by atoms with Gasteiger partial charge in [-0.2, -0.15) is 0 Å². The van der Waals surface area contributed by atoms with Crippen LogP contribution in [0.4, 0.5) is 4.79 Å². The first-order chi connectivity index (χ1) is 14.2. The molecule has 0 aliphatic carbocycles. The van der Waals surface area contributed by atoms with Crippen molar-refractivity contribution in [3.05, 3.63) is 48.5 Å². The van der Waals surface area contributed by atoms with Gasteiger partial charge in [-0.15, -0.1) is 0 Å². The van der Waals surface area contributed by atoms with Crippen LogP contribution in [0.1, 0.15) is 25.3 Å². The van der Waals surface area contributed by atoms with Crippen LogP contribution in [-0.4, -0.2) is 53.0 Å². The first-order valence-corrected chi connectivity index (χ1v) is 10.9. The minimum Gasteiger partial charge on any atom is -0.454 e. The van der Waals surface area contributed by atoms with Crippen LogP contribution in [-0.2, 0) is 21.4 Å². The summed E-state index contributed by atoms with van der Waals surface area (Å²) in [6.07, 6.45) is 5.24. The fraction of sp³-hybridized carbons (Fsp3) is 0.368. The van der Waals surface area contributed by atoms with Crippen molar-refractivity contribution in [1.82, 2.24) is 24.9 Å². The molecule has 3 amide bonds. The van der Waals surface area contributed by atoms with Gasteiger partial charge in [-0.1, -0.05) is 25.5 Å². The fourth-order valence-corrected chi connectivity index (χ4v) is 4.76. The molecule has 160 valence electrons. The van der Waals surface area contributed by atoms with Gasteiger partial charge in [0.05, 0.1) is 18.1 Å². The number of imide groups is 1. The van der Waals surface area contributed by atoms with Gasteiger partial charge in [-0.05, 0) is 24.1 Å². The summed E-state index contributed by atoms with van der Waals surface area (Å²) in [6.45, 7) is 1.93. The van der Waals surface area contributed by atoms with E-state index in [9.17, 15) is 18.0 Å². The van der Waals surface area contributed by atoms with Crippen molar-refractivity contribution >= 4 is 22.0 Å². The molecule has 1 unspecified atom stereocenters. The molecule has 1 atom stereocenters. The van der Waals surface area contributed by atoms with Crippen LogP contribution in [0.15, 0.2) is 43.0 Å². The lowest BCUT2D eigenvalue weighted by Crippen LogP contribution is -2.54. The van der Waals surface area contributed by atoms with E-state index >= 15 is 0 Å². The van der Waals surface area contributed by atoms with Crippen LogP contribution in [0, 0.1) is 0 Å². The van der Waals surface area contributed by atoms with Crippen LogP contribution >= 0.6 is 0 Å². The second kappa shape index (κ2) is 8.76. The predicted octanol–water partition coefficient (Wildman–Crippen LogP) is 1.41. The third-order valence-corrected chi connectivity index (χ3v) is 6.63. The monoisotopic (exact) mass is 433 g/mol.